The summed E-state index contributed by atoms with van der Waals surface area (Å²) >= 11 is 3.45. The van der Waals surface area contributed by atoms with Gasteiger partial charge in [-0.2, -0.15) is 4.98 Å². The molecule has 0 spiro atoms. The monoisotopic (exact) mass is 271 g/mol. The number of rotatable bonds is 5. The molecule has 82 valence electrons. The SMILES string of the molecule is COc1ccnc(N(CCBr)C2CC2)n1. The second kappa shape index (κ2) is 4.79. The maximum absolute atomic E-state index is 5.09. The molecule has 0 unspecified atom stereocenters. The fourth-order valence-corrected chi connectivity index (χ4v) is 1.89. The normalized spacial score (nSPS) is 15.1. The second-order valence-electron chi connectivity index (χ2n) is 3.51. The Morgan fingerprint density at radius 1 is 1.60 bits per heavy atom. The van der Waals surface area contributed by atoms with Crippen LogP contribution in [0.5, 0.6) is 5.88 Å². The first-order chi connectivity index (χ1) is 7.35. The molecule has 0 saturated heterocycles. The molecule has 4 nitrogen and oxygen atoms in total. The van der Waals surface area contributed by atoms with Crippen LogP contribution in [0.25, 0.3) is 0 Å². The molecule has 1 saturated carbocycles. The molecule has 0 atom stereocenters. The number of halogens is 1. The molecule has 0 N–H and O–H groups in total. The van der Waals surface area contributed by atoms with Crippen LogP contribution in [0.1, 0.15) is 12.8 Å². The van der Waals surface area contributed by atoms with Gasteiger partial charge in [0.2, 0.25) is 11.8 Å². The van der Waals surface area contributed by atoms with Crippen molar-refractivity contribution in [2.24, 2.45) is 0 Å². The fraction of sp³-hybridized carbons (Fsp3) is 0.600. The third-order valence-corrected chi connectivity index (χ3v) is 2.75. The molecule has 1 fully saturated rings. The highest BCUT2D eigenvalue weighted by molar-refractivity contribution is 9.09. The number of hydrogen-bond acceptors (Lipinski definition) is 4. The average Bonchev–Trinajstić information content (AvgIpc) is 3.10. The Morgan fingerprint density at radius 3 is 3.00 bits per heavy atom. The molecule has 1 aliphatic rings. The van der Waals surface area contributed by atoms with Crippen LogP contribution < -0.4 is 9.64 Å². The van der Waals surface area contributed by atoms with E-state index in [1.165, 1.54) is 12.8 Å². The summed E-state index contributed by atoms with van der Waals surface area (Å²) < 4.78 is 5.09. The minimum Gasteiger partial charge on any atom is -0.481 e. The van der Waals surface area contributed by atoms with E-state index >= 15 is 0 Å². The first kappa shape index (κ1) is 10.7. The molecule has 0 aromatic carbocycles. The zero-order chi connectivity index (χ0) is 10.7. The minimum atomic E-state index is 0.620. The van der Waals surface area contributed by atoms with Crippen molar-refractivity contribution in [1.82, 2.24) is 9.97 Å². The van der Waals surface area contributed by atoms with Crippen LogP contribution in [-0.4, -0.2) is 35.0 Å². The van der Waals surface area contributed by atoms with E-state index in [0.717, 1.165) is 17.8 Å². The highest BCUT2D eigenvalue weighted by Crippen LogP contribution is 2.30. The van der Waals surface area contributed by atoms with Crippen molar-refractivity contribution in [3.63, 3.8) is 0 Å². The molecule has 1 aromatic rings. The van der Waals surface area contributed by atoms with Gasteiger partial charge >= 0.3 is 0 Å². The first-order valence-electron chi connectivity index (χ1n) is 5.05. The number of methoxy groups -OCH3 is 1. The van der Waals surface area contributed by atoms with Crippen molar-refractivity contribution in [3.05, 3.63) is 12.3 Å². The van der Waals surface area contributed by atoms with E-state index in [1.54, 1.807) is 19.4 Å². The molecule has 2 rings (SSSR count). The molecule has 0 aliphatic heterocycles. The molecule has 0 bridgehead atoms. The van der Waals surface area contributed by atoms with Gasteiger partial charge in [0.15, 0.2) is 0 Å². The summed E-state index contributed by atoms with van der Waals surface area (Å²) in [5.74, 6) is 1.40. The molecule has 0 amide bonds. The van der Waals surface area contributed by atoms with Gasteiger partial charge in [-0.3, -0.25) is 0 Å². The van der Waals surface area contributed by atoms with Crippen molar-refractivity contribution in [2.75, 3.05) is 23.9 Å². The van der Waals surface area contributed by atoms with E-state index in [-0.39, 0.29) is 0 Å². The highest BCUT2D eigenvalue weighted by atomic mass is 79.9. The van der Waals surface area contributed by atoms with Crippen molar-refractivity contribution in [1.29, 1.82) is 0 Å². The summed E-state index contributed by atoms with van der Waals surface area (Å²) in [5.41, 5.74) is 0. The number of anilines is 1. The Kier molecular flexibility index (Phi) is 3.41. The lowest BCUT2D eigenvalue weighted by Crippen LogP contribution is -2.29. The summed E-state index contributed by atoms with van der Waals surface area (Å²) in [4.78, 5) is 10.9. The number of ether oxygens (including phenoxy) is 1. The van der Waals surface area contributed by atoms with E-state index in [0.29, 0.717) is 11.9 Å². The van der Waals surface area contributed by atoms with E-state index in [9.17, 15) is 0 Å². The standard InChI is InChI=1S/C10H14BrN3O/c1-15-9-4-6-12-10(13-9)14(7-5-11)8-2-3-8/h4,6,8H,2-3,5,7H2,1H3. The summed E-state index contributed by atoms with van der Waals surface area (Å²) in [7, 11) is 1.62. The average molecular weight is 272 g/mol. The Bertz CT molecular complexity index is 330. The molecule has 1 aliphatic carbocycles. The Balaban J connectivity index is 2.16. The van der Waals surface area contributed by atoms with Gasteiger partial charge in [-0.1, -0.05) is 15.9 Å². The first-order valence-corrected chi connectivity index (χ1v) is 6.17. The van der Waals surface area contributed by atoms with Crippen molar-refractivity contribution in [2.45, 2.75) is 18.9 Å². The number of aromatic nitrogens is 2. The van der Waals surface area contributed by atoms with Crippen LogP contribution in [0.15, 0.2) is 12.3 Å². The van der Waals surface area contributed by atoms with Gasteiger partial charge in [-0.15, -0.1) is 0 Å². The zero-order valence-electron chi connectivity index (χ0n) is 8.69. The van der Waals surface area contributed by atoms with Gasteiger partial charge in [-0.25, -0.2) is 4.98 Å². The van der Waals surface area contributed by atoms with Gasteiger partial charge in [-0.05, 0) is 12.8 Å². The summed E-state index contributed by atoms with van der Waals surface area (Å²) in [6.07, 6.45) is 4.23. The second-order valence-corrected chi connectivity index (χ2v) is 4.31. The zero-order valence-corrected chi connectivity index (χ0v) is 10.3. The maximum Gasteiger partial charge on any atom is 0.228 e. The van der Waals surface area contributed by atoms with E-state index in [2.05, 4.69) is 30.8 Å². The van der Waals surface area contributed by atoms with Crippen LogP contribution in [0.2, 0.25) is 0 Å². The van der Waals surface area contributed by atoms with E-state index in [1.807, 2.05) is 0 Å². The lowest BCUT2D eigenvalue weighted by atomic mass is 10.5. The highest BCUT2D eigenvalue weighted by Gasteiger charge is 2.30. The third-order valence-electron chi connectivity index (χ3n) is 2.40. The third kappa shape index (κ3) is 2.59. The molecule has 5 heteroatoms. The summed E-state index contributed by atoms with van der Waals surface area (Å²) in [5, 5.41) is 0.935. The lowest BCUT2D eigenvalue weighted by Gasteiger charge is -2.21. The largest absolute Gasteiger partial charge is 0.481 e. The number of alkyl halides is 1. The lowest BCUT2D eigenvalue weighted by molar-refractivity contribution is 0.396. The van der Waals surface area contributed by atoms with Crippen LogP contribution in [0.3, 0.4) is 0 Å². The number of hydrogen-bond donors (Lipinski definition) is 0. The van der Waals surface area contributed by atoms with Crippen molar-refractivity contribution in [3.8, 4) is 5.88 Å². The quantitative estimate of drug-likeness (QED) is 0.767. The van der Waals surface area contributed by atoms with Crippen LogP contribution in [0.4, 0.5) is 5.95 Å². The Labute approximate surface area is 97.8 Å². The van der Waals surface area contributed by atoms with Gasteiger partial charge in [0.25, 0.3) is 0 Å². The Morgan fingerprint density at radius 2 is 2.40 bits per heavy atom. The van der Waals surface area contributed by atoms with E-state index < -0.39 is 0 Å². The van der Waals surface area contributed by atoms with Crippen molar-refractivity contribution >= 4 is 21.9 Å². The van der Waals surface area contributed by atoms with Crippen molar-refractivity contribution < 1.29 is 4.74 Å². The Hall–Kier alpha value is -0.840. The van der Waals surface area contributed by atoms with Gasteiger partial charge in [0.05, 0.1) is 7.11 Å². The topological polar surface area (TPSA) is 38.2 Å². The van der Waals surface area contributed by atoms with Gasteiger partial charge < -0.3 is 9.64 Å². The predicted molar refractivity (Wildman–Crippen MR) is 62.7 cm³/mol. The number of nitrogens with zero attached hydrogens (tertiary/aromatic N) is 3. The minimum absolute atomic E-state index is 0.620. The van der Waals surface area contributed by atoms with Gasteiger partial charge in [0, 0.05) is 30.2 Å². The van der Waals surface area contributed by atoms with E-state index in [4.69, 9.17) is 4.74 Å². The molecular formula is C10H14BrN3O. The maximum atomic E-state index is 5.09. The summed E-state index contributed by atoms with van der Waals surface area (Å²) in [6, 6.07) is 2.39. The van der Waals surface area contributed by atoms with Crippen LogP contribution in [0, 0.1) is 0 Å². The fourth-order valence-electron chi connectivity index (χ4n) is 1.51. The molecule has 1 aromatic heterocycles. The molecular weight excluding hydrogens is 258 g/mol. The van der Waals surface area contributed by atoms with Crippen LogP contribution in [-0.2, 0) is 0 Å². The van der Waals surface area contributed by atoms with Gasteiger partial charge in [0.1, 0.15) is 0 Å². The smallest absolute Gasteiger partial charge is 0.228 e. The molecule has 15 heavy (non-hydrogen) atoms. The predicted octanol–water partition coefficient (Wildman–Crippen LogP) is 1.85. The molecule has 0 radical (unpaired) electrons. The summed E-state index contributed by atoms with van der Waals surface area (Å²) in [6.45, 7) is 0.942. The van der Waals surface area contributed by atoms with Crippen LogP contribution >= 0.6 is 15.9 Å². The molecule has 1 heterocycles.